The largest absolute Gasteiger partial charge is 0.394 e. The van der Waals surface area contributed by atoms with E-state index in [1.165, 1.54) is 0 Å². The van der Waals surface area contributed by atoms with Gasteiger partial charge in [-0.1, -0.05) is 0 Å². The van der Waals surface area contributed by atoms with Gasteiger partial charge in [-0.25, -0.2) is 0 Å². The maximum absolute atomic E-state index is 9.01. The van der Waals surface area contributed by atoms with Crippen molar-refractivity contribution >= 4 is 0 Å². The van der Waals surface area contributed by atoms with Crippen LogP contribution in [-0.2, 0) is 4.74 Å². The summed E-state index contributed by atoms with van der Waals surface area (Å²) in [6, 6.07) is 0. The van der Waals surface area contributed by atoms with E-state index in [0.29, 0.717) is 0 Å². The third-order valence-electron chi connectivity index (χ3n) is 1.58. The molecule has 1 aliphatic heterocycles. The van der Waals surface area contributed by atoms with Gasteiger partial charge in [-0.15, -0.1) is 0 Å². The molecular formula is C5H11NO4. The van der Waals surface area contributed by atoms with Gasteiger partial charge in [0.05, 0.1) is 6.61 Å². The van der Waals surface area contributed by atoms with Gasteiger partial charge in [-0.3, -0.25) is 0 Å². The van der Waals surface area contributed by atoms with Gasteiger partial charge in [-0.05, 0) is 0 Å². The van der Waals surface area contributed by atoms with E-state index in [4.69, 9.17) is 25.8 Å². The molecule has 4 atom stereocenters. The summed E-state index contributed by atoms with van der Waals surface area (Å²) in [5.41, 5.74) is 5.19. The first-order valence-corrected chi connectivity index (χ1v) is 3.05. The third-order valence-corrected chi connectivity index (χ3v) is 1.58. The van der Waals surface area contributed by atoms with E-state index in [-0.39, 0.29) is 6.61 Å². The van der Waals surface area contributed by atoms with Crippen LogP contribution in [0.1, 0.15) is 0 Å². The second kappa shape index (κ2) is 2.81. The monoisotopic (exact) mass is 149 g/mol. The summed E-state index contributed by atoms with van der Waals surface area (Å²) in [5, 5.41) is 26.5. The Balaban J connectivity index is 2.53. The summed E-state index contributed by atoms with van der Waals surface area (Å²) in [7, 11) is 0. The minimum atomic E-state index is -1.09. The van der Waals surface area contributed by atoms with Gasteiger partial charge in [0.2, 0.25) is 0 Å². The Morgan fingerprint density at radius 3 is 2.10 bits per heavy atom. The average Bonchev–Trinajstić information content (AvgIpc) is 2.17. The molecule has 0 aromatic carbocycles. The molecule has 5 N–H and O–H groups in total. The molecule has 5 nitrogen and oxygen atoms in total. The minimum Gasteiger partial charge on any atom is -0.394 e. The zero-order valence-corrected chi connectivity index (χ0v) is 5.34. The topological polar surface area (TPSA) is 95.9 Å². The second-order valence-electron chi connectivity index (χ2n) is 2.30. The smallest absolute Gasteiger partial charge is 0.135 e. The molecule has 1 heterocycles. The van der Waals surface area contributed by atoms with E-state index >= 15 is 0 Å². The maximum Gasteiger partial charge on any atom is 0.135 e. The summed E-state index contributed by atoms with van der Waals surface area (Å²) in [6.07, 6.45) is -3.78. The molecule has 0 amide bonds. The quantitative estimate of drug-likeness (QED) is 0.327. The number of nitrogens with two attached hydrogens (primary N) is 1. The van der Waals surface area contributed by atoms with Crippen molar-refractivity contribution in [1.82, 2.24) is 0 Å². The highest BCUT2D eigenvalue weighted by Gasteiger charge is 2.39. The molecule has 10 heavy (non-hydrogen) atoms. The SMILES string of the molecule is N[C@H]1O[C@@H](CO)[C@@H](O)[C@H]1O. The first kappa shape index (κ1) is 7.90. The van der Waals surface area contributed by atoms with Crippen LogP contribution < -0.4 is 5.73 Å². The van der Waals surface area contributed by atoms with Crippen LogP contribution in [0, 0.1) is 0 Å². The first-order chi connectivity index (χ1) is 4.66. The number of rotatable bonds is 1. The zero-order valence-electron chi connectivity index (χ0n) is 5.34. The fourth-order valence-corrected chi connectivity index (χ4v) is 0.928. The fourth-order valence-electron chi connectivity index (χ4n) is 0.928. The summed E-state index contributed by atoms with van der Waals surface area (Å²) >= 11 is 0. The number of hydrogen-bond donors (Lipinski definition) is 4. The van der Waals surface area contributed by atoms with Gasteiger partial charge >= 0.3 is 0 Å². The number of aliphatic hydroxyl groups is 3. The molecule has 5 heteroatoms. The van der Waals surface area contributed by atoms with Crippen molar-refractivity contribution in [2.24, 2.45) is 5.73 Å². The molecule has 60 valence electrons. The van der Waals surface area contributed by atoms with Crippen LogP contribution >= 0.6 is 0 Å². The minimum absolute atomic E-state index is 0.327. The number of hydrogen-bond acceptors (Lipinski definition) is 5. The Kier molecular flexibility index (Phi) is 2.22. The highest BCUT2D eigenvalue weighted by molar-refractivity contribution is 4.86. The van der Waals surface area contributed by atoms with Crippen LogP contribution in [0.5, 0.6) is 0 Å². The Morgan fingerprint density at radius 1 is 1.30 bits per heavy atom. The fraction of sp³-hybridized carbons (Fsp3) is 1.00. The van der Waals surface area contributed by atoms with Crippen molar-refractivity contribution in [3.05, 3.63) is 0 Å². The zero-order chi connectivity index (χ0) is 7.72. The molecule has 0 radical (unpaired) electrons. The van der Waals surface area contributed by atoms with Crippen molar-refractivity contribution in [3.63, 3.8) is 0 Å². The van der Waals surface area contributed by atoms with Crippen LogP contribution in [-0.4, -0.2) is 46.5 Å². The van der Waals surface area contributed by atoms with Crippen LogP contribution in [0.3, 0.4) is 0 Å². The first-order valence-electron chi connectivity index (χ1n) is 3.05. The van der Waals surface area contributed by atoms with Crippen molar-refractivity contribution in [2.45, 2.75) is 24.5 Å². The van der Waals surface area contributed by atoms with Gasteiger partial charge in [0, 0.05) is 0 Å². The highest BCUT2D eigenvalue weighted by atomic mass is 16.6. The van der Waals surface area contributed by atoms with E-state index in [9.17, 15) is 0 Å². The Labute approximate surface area is 58.0 Å². The molecule has 0 spiro atoms. The van der Waals surface area contributed by atoms with Gasteiger partial charge in [0.25, 0.3) is 0 Å². The van der Waals surface area contributed by atoms with Gasteiger partial charge < -0.3 is 25.8 Å². The Hall–Kier alpha value is -0.200. The van der Waals surface area contributed by atoms with Crippen LogP contribution in [0.2, 0.25) is 0 Å². The lowest BCUT2D eigenvalue weighted by atomic mass is 10.1. The Morgan fingerprint density at radius 2 is 1.90 bits per heavy atom. The summed E-state index contributed by atoms with van der Waals surface area (Å²) in [5.74, 6) is 0. The molecule has 1 saturated heterocycles. The summed E-state index contributed by atoms with van der Waals surface area (Å²) in [4.78, 5) is 0. The van der Waals surface area contributed by atoms with Crippen LogP contribution in [0.4, 0.5) is 0 Å². The molecule has 0 bridgehead atoms. The lowest BCUT2D eigenvalue weighted by molar-refractivity contribution is -0.0200. The normalized spacial score (nSPS) is 48.0. The van der Waals surface area contributed by atoms with Crippen molar-refractivity contribution in [1.29, 1.82) is 0 Å². The van der Waals surface area contributed by atoms with Crippen molar-refractivity contribution in [2.75, 3.05) is 6.61 Å². The van der Waals surface area contributed by atoms with E-state index in [0.717, 1.165) is 0 Å². The van der Waals surface area contributed by atoms with Gasteiger partial charge in [-0.2, -0.15) is 0 Å². The van der Waals surface area contributed by atoms with Gasteiger partial charge in [0.15, 0.2) is 0 Å². The van der Waals surface area contributed by atoms with Crippen molar-refractivity contribution in [3.8, 4) is 0 Å². The molecule has 0 saturated carbocycles. The van der Waals surface area contributed by atoms with E-state index in [2.05, 4.69) is 0 Å². The Bertz CT molecular complexity index is 120. The molecule has 0 aromatic heterocycles. The van der Waals surface area contributed by atoms with Crippen LogP contribution in [0.15, 0.2) is 0 Å². The predicted octanol–water partition coefficient (Wildman–Crippen LogP) is -2.62. The van der Waals surface area contributed by atoms with E-state index in [1.807, 2.05) is 0 Å². The molecule has 1 aliphatic rings. The third kappa shape index (κ3) is 1.14. The van der Waals surface area contributed by atoms with E-state index < -0.39 is 24.5 Å². The summed E-state index contributed by atoms with van der Waals surface area (Å²) < 4.78 is 4.76. The lowest BCUT2D eigenvalue weighted by Gasteiger charge is -2.09. The van der Waals surface area contributed by atoms with Crippen LogP contribution in [0.25, 0.3) is 0 Å². The number of ether oxygens (including phenoxy) is 1. The molecule has 1 fully saturated rings. The highest BCUT2D eigenvalue weighted by Crippen LogP contribution is 2.16. The second-order valence-corrected chi connectivity index (χ2v) is 2.30. The molecule has 0 aromatic rings. The lowest BCUT2D eigenvalue weighted by Crippen LogP contribution is -2.37. The standard InChI is InChI=1S/C5H11NO4/c6-5-4(9)3(8)2(1-7)10-5/h2-5,7-9H,1,6H2/t2-,3+,4+,5-/m0/s1. The molecule has 0 unspecified atom stereocenters. The average molecular weight is 149 g/mol. The molecule has 0 aliphatic carbocycles. The molecule has 1 rings (SSSR count). The number of aliphatic hydroxyl groups excluding tert-OH is 3. The molecular weight excluding hydrogens is 138 g/mol. The predicted molar refractivity (Wildman–Crippen MR) is 31.9 cm³/mol. The summed E-state index contributed by atoms with van der Waals surface area (Å²) in [6.45, 7) is -0.327. The van der Waals surface area contributed by atoms with E-state index in [1.54, 1.807) is 0 Å². The van der Waals surface area contributed by atoms with Crippen molar-refractivity contribution < 1.29 is 20.1 Å². The maximum atomic E-state index is 9.01. The van der Waals surface area contributed by atoms with Gasteiger partial charge in [0.1, 0.15) is 24.5 Å².